The molecular weight excluding hydrogens is 258 g/mol. The Labute approximate surface area is 125 Å². The monoisotopic (exact) mass is 279 g/mol. The van der Waals surface area contributed by atoms with Gasteiger partial charge in [-0.2, -0.15) is 5.10 Å². The quantitative estimate of drug-likeness (QED) is 0.747. The van der Waals surface area contributed by atoms with E-state index in [1.54, 1.807) is 0 Å². The second kappa shape index (κ2) is 6.00. The fourth-order valence-electron chi connectivity index (χ4n) is 2.77. The highest BCUT2D eigenvalue weighted by Gasteiger charge is 2.10. The SMILES string of the molecule is CCCN(CC)c1cccc(-c2n[nH]c3ccccc23)c1. The Morgan fingerprint density at radius 1 is 1.05 bits per heavy atom. The molecule has 108 valence electrons. The van der Waals surface area contributed by atoms with Crippen molar-refractivity contribution in [2.45, 2.75) is 20.3 Å². The van der Waals surface area contributed by atoms with Crippen molar-refractivity contribution in [3.63, 3.8) is 0 Å². The first-order chi connectivity index (χ1) is 10.3. The lowest BCUT2D eigenvalue weighted by Gasteiger charge is -2.22. The van der Waals surface area contributed by atoms with Crippen LogP contribution in [0.1, 0.15) is 20.3 Å². The molecule has 2 aromatic carbocycles. The van der Waals surface area contributed by atoms with E-state index in [9.17, 15) is 0 Å². The van der Waals surface area contributed by atoms with Gasteiger partial charge in [-0.3, -0.25) is 5.10 Å². The van der Waals surface area contributed by atoms with Crippen LogP contribution in [-0.2, 0) is 0 Å². The number of benzene rings is 2. The van der Waals surface area contributed by atoms with Gasteiger partial charge < -0.3 is 4.90 Å². The van der Waals surface area contributed by atoms with E-state index in [-0.39, 0.29) is 0 Å². The van der Waals surface area contributed by atoms with Gasteiger partial charge in [0.05, 0.1) is 11.2 Å². The Morgan fingerprint density at radius 3 is 2.71 bits per heavy atom. The Kier molecular flexibility index (Phi) is 3.91. The maximum Gasteiger partial charge on any atom is 0.1000 e. The fourth-order valence-corrected chi connectivity index (χ4v) is 2.77. The molecule has 21 heavy (non-hydrogen) atoms. The number of nitrogens with zero attached hydrogens (tertiary/aromatic N) is 2. The highest BCUT2D eigenvalue weighted by Crippen LogP contribution is 2.28. The van der Waals surface area contributed by atoms with Crippen molar-refractivity contribution in [3.05, 3.63) is 48.5 Å². The number of anilines is 1. The largest absolute Gasteiger partial charge is 0.372 e. The number of H-pyrrole nitrogens is 1. The summed E-state index contributed by atoms with van der Waals surface area (Å²) in [6, 6.07) is 16.9. The Balaban J connectivity index is 2.03. The van der Waals surface area contributed by atoms with Gasteiger partial charge in [0.2, 0.25) is 0 Å². The molecule has 0 fully saturated rings. The molecule has 0 bridgehead atoms. The lowest BCUT2D eigenvalue weighted by molar-refractivity contribution is 0.792. The van der Waals surface area contributed by atoms with Gasteiger partial charge in [0.15, 0.2) is 0 Å². The standard InChI is InChI=1S/C18H21N3/c1-3-12-21(4-2)15-9-7-8-14(13-15)18-16-10-5-6-11-17(16)19-20-18/h5-11,13H,3-4,12H2,1-2H3,(H,19,20). The summed E-state index contributed by atoms with van der Waals surface area (Å²) in [6.07, 6.45) is 1.16. The van der Waals surface area contributed by atoms with Crippen LogP contribution < -0.4 is 4.90 Å². The van der Waals surface area contributed by atoms with E-state index >= 15 is 0 Å². The minimum Gasteiger partial charge on any atom is -0.372 e. The molecule has 3 heteroatoms. The van der Waals surface area contributed by atoms with Crippen LogP contribution in [0.3, 0.4) is 0 Å². The molecule has 0 amide bonds. The third kappa shape index (κ3) is 2.64. The number of nitrogens with one attached hydrogen (secondary N) is 1. The van der Waals surface area contributed by atoms with E-state index in [0.29, 0.717) is 0 Å². The average Bonchev–Trinajstić information content (AvgIpc) is 2.97. The van der Waals surface area contributed by atoms with Crippen molar-refractivity contribution < 1.29 is 0 Å². The molecule has 0 radical (unpaired) electrons. The van der Waals surface area contributed by atoms with Crippen LogP contribution in [0.5, 0.6) is 0 Å². The zero-order valence-corrected chi connectivity index (χ0v) is 12.6. The summed E-state index contributed by atoms with van der Waals surface area (Å²) in [5.74, 6) is 0. The van der Waals surface area contributed by atoms with Crippen molar-refractivity contribution in [3.8, 4) is 11.3 Å². The average molecular weight is 279 g/mol. The summed E-state index contributed by atoms with van der Waals surface area (Å²) in [5.41, 5.74) is 4.54. The van der Waals surface area contributed by atoms with Gasteiger partial charge in [0, 0.05) is 29.7 Å². The summed E-state index contributed by atoms with van der Waals surface area (Å²) in [5, 5.41) is 8.78. The van der Waals surface area contributed by atoms with Gasteiger partial charge in [-0.1, -0.05) is 37.3 Å². The minimum absolute atomic E-state index is 1.03. The zero-order chi connectivity index (χ0) is 14.7. The third-order valence-corrected chi connectivity index (χ3v) is 3.83. The van der Waals surface area contributed by atoms with Crippen LogP contribution in [0.4, 0.5) is 5.69 Å². The summed E-state index contributed by atoms with van der Waals surface area (Å²) in [6.45, 7) is 6.53. The topological polar surface area (TPSA) is 31.9 Å². The first kappa shape index (κ1) is 13.7. The molecule has 0 unspecified atom stereocenters. The molecule has 1 heterocycles. The second-order valence-corrected chi connectivity index (χ2v) is 5.25. The molecule has 3 rings (SSSR count). The van der Waals surface area contributed by atoms with Gasteiger partial charge >= 0.3 is 0 Å². The molecule has 3 aromatic rings. The molecule has 1 N–H and O–H groups in total. The lowest BCUT2D eigenvalue weighted by atomic mass is 10.1. The molecular formula is C18H21N3. The zero-order valence-electron chi connectivity index (χ0n) is 12.6. The number of hydrogen-bond donors (Lipinski definition) is 1. The van der Waals surface area contributed by atoms with Crippen LogP contribution in [-0.4, -0.2) is 23.3 Å². The first-order valence-electron chi connectivity index (χ1n) is 7.62. The molecule has 0 aliphatic rings. The molecule has 0 aliphatic carbocycles. The lowest BCUT2D eigenvalue weighted by Crippen LogP contribution is -2.23. The fraction of sp³-hybridized carbons (Fsp3) is 0.278. The maximum atomic E-state index is 4.49. The number of para-hydroxylation sites is 1. The Hall–Kier alpha value is -2.29. The van der Waals surface area contributed by atoms with Gasteiger partial charge in [0.25, 0.3) is 0 Å². The molecule has 0 saturated carbocycles. The number of aromatic nitrogens is 2. The maximum absolute atomic E-state index is 4.49. The first-order valence-corrected chi connectivity index (χ1v) is 7.62. The van der Waals surface area contributed by atoms with Crippen LogP contribution in [0, 0.1) is 0 Å². The molecule has 0 atom stereocenters. The number of hydrogen-bond acceptors (Lipinski definition) is 2. The van der Waals surface area contributed by atoms with Crippen molar-refractivity contribution in [2.75, 3.05) is 18.0 Å². The third-order valence-electron chi connectivity index (χ3n) is 3.83. The van der Waals surface area contributed by atoms with Gasteiger partial charge in [-0.25, -0.2) is 0 Å². The molecule has 0 aliphatic heterocycles. The van der Waals surface area contributed by atoms with Gasteiger partial charge in [-0.15, -0.1) is 0 Å². The van der Waals surface area contributed by atoms with E-state index in [1.165, 1.54) is 16.6 Å². The molecule has 0 saturated heterocycles. The van der Waals surface area contributed by atoms with E-state index < -0.39 is 0 Å². The predicted octanol–water partition coefficient (Wildman–Crippen LogP) is 4.47. The highest BCUT2D eigenvalue weighted by atomic mass is 15.1. The summed E-state index contributed by atoms with van der Waals surface area (Å²) >= 11 is 0. The van der Waals surface area contributed by atoms with Gasteiger partial charge in [-0.05, 0) is 31.5 Å². The van der Waals surface area contributed by atoms with Crippen molar-refractivity contribution in [1.82, 2.24) is 10.2 Å². The van der Waals surface area contributed by atoms with Crippen LogP contribution >= 0.6 is 0 Å². The normalized spacial score (nSPS) is 11.0. The summed E-state index contributed by atoms with van der Waals surface area (Å²) < 4.78 is 0. The minimum atomic E-state index is 1.03. The van der Waals surface area contributed by atoms with Crippen molar-refractivity contribution in [1.29, 1.82) is 0 Å². The Bertz CT molecular complexity index is 730. The van der Waals surface area contributed by atoms with Crippen LogP contribution in [0.25, 0.3) is 22.2 Å². The Morgan fingerprint density at radius 2 is 1.90 bits per heavy atom. The van der Waals surface area contributed by atoms with Crippen LogP contribution in [0.15, 0.2) is 48.5 Å². The van der Waals surface area contributed by atoms with Crippen molar-refractivity contribution >= 4 is 16.6 Å². The van der Waals surface area contributed by atoms with E-state index in [0.717, 1.165) is 30.7 Å². The van der Waals surface area contributed by atoms with Crippen molar-refractivity contribution in [2.24, 2.45) is 0 Å². The number of aromatic amines is 1. The second-order valence-electron chi connectivity index (χ2n) is 5.25. The highest BCUT2D eigenvalue weighted by molar-refractivity contribution is 5.93. The summed E-state index contributed by atoms with van der Waals surface area (Å²) in [4.78, 5) is 2.40. The molecule has 0 spiro atoms. The summed E-state index contributed by atoms with van der Waals surface area (Å²) in [7, 11) is 0. The molecule has 3 nitrogen and oxygen atoms in total. The van der Waals surface area contributed by atoms with E-state index in [1.807, 2.05) is 6.07 Å². The van der Waals surface area contributed by atoms with Gasteiger partial charge in [0.1, 0.15) is 0 Å². The van der Waals surface area contributed by atoms with Crippen LogP contribution in [0.2, 0.25) is 0 Å². The van der Waals surface area contributed by atoms with E-state index in [2.05, 4.69) is 71.4 Å². The smallest absolute Gasteiger partial charge is 0.1000 e. The molecule has 1 aromatic heterocycles. The van der Waals surface area contributed by atoms with E-state index in [4.69, 9.17) is 0 Å². The predicted molar refractivity (Wildman–Crippen MR) is 89.7 cm³/mol. The number of rotatable bonds is 5. The number of fused-ring (bicyclic) bond motifs is 1.